The van der Waals surface area contributed by atoms with Crippen LogP contribution in [0.1, 0.15) is 10.4 Å². The van der Waals surface area contributed by atoms with Crippen molar-refractivity contribution < 1.29 is 35.1 Å². The fourth-order valence-corrected chi connectivity index (χ4v) is 1.08. The van der Waals surface area contributed by atoms with Crippen molar-refractivity contribution in [2.24, 2.45) is 5.41 Å². The second-order valence-corrected chi connectivity index (χ2v) is 4.18. The Morgan fingerprint density at radius 3 is 1.85 bits per heavy atom. The van der Waals surface area contributed by atoms with Crippen molar-refractivity contribution in [2.45, 2.75) is 0 Å². The van der Waals surface area contributed by atoms with Crippen LogP contribution in [0.4, 0.5) is 0 Å². The summed E-state index contributed by atoms with van der Waals surface area (Å²) in [7, 11) is 1.45. The molecule has 0 radical (unpaired) electrons. The first kappa shape index (κ1) is 18.3. The number of hydrogen-bond donors (Lipinski definition) is 5. The predicted molar refractivity (Wildman–Crippen MR) is 70.8 cm³/mol. The first-order valence-corrected chi connectivity index (χ1v) is 5.78. The van der Waals surface area contributed by atoms with Crippen LogP contribution in [0.5, 0.6) is 11.5 Å². The highest BCUT2D eigenvalue weighted by Gasteiger charge is 2.26. The second kappa shape index (κ2) is 9.27. The number of carbonyl (C=O) groups is 1. The summed E-state index contributed by atoms with van der Waals surface area (Å²) in [6, 6.07) is 4.47. The summed E-state index contributed by atoms with van der Waals surface area (Å²) < 4.78 is 4.78. The number of benzene rings is 1. The number of phenolic OH excluding ortho intramolecular Hbond substituents is 1. The van der Waals surface area contributed by atoms with Gasteiger partial charge in [0.05, 0.1) is 39.0 Å². The number of hydrogen-bond acceptors (Lipinski definition) is 7. The Kier molecular flexibility index (Phi) is 8.49. The highest BCUT2D eigenvalue weighted by atomic mass is 16.5. The molecule has 0 fully saturated rings. The highest BCUT2D eigenvalue weighted by Crippen LogP contribution is 2.25. The molecule has 1 aromatic rings. The lowest BCUT2D eigenvalue weighted by molar-refractivity contribution is -0.0328. The molecule has 0 aliphatic carbocycles. The molecular weight excluding hydrogens is 268 g/mol. The van der Waals surface area contributed by atoms with Gasteiger partial charge in [-0.15, -0.1) is 0 Å². The van der Waals surface area contributed by atoms with Crippen LogP contribution in [-0.4, -0.2) is 65.4 Å². The molecule has 0 heterocycles. The molecule has 0 aliphatic rings. The third-order valence-electron chi connectivity index (χ3n) is 2.68. The minimum atomic E-state index is -1.11. The smallest absolute Gasteiger partial charge is 0.160 e. The molecule has 0 saturated heterocycles. The van der Waals surface area contributed by atoms with Crippen LogP contribution in [0.25, 0.3) is 0 Å². The summed E-state index contributed by atoms with van der Waals surface area (Å²) in [4.78, 5) is 10.2. The summed E-state index contributed by atoms with van der Waals surface area (Å²) in [6.07, 6.45) is 0.666. The van der Waals surface area contributed by atoms with Gasteiger partial charge in [-0.25, -0.2) is 0 Å². The number of carbonyl (C=O) groups excluding carboxylic acids is 1. The van der Waals surface area contributed by atoms with E-state index in [0.717, 1.165) is 0 Å². The van der Waals surface area contributed by atoms with Crippen LogP contribution in [0.3, 0.4) is 0 Å². The summed E-state index contributed by atoms with van der Waals surface area (Å²) in [5, 5.41) is 43.1. The van der Waals surface area contributed by atoms with E-state index in [1.165, 1.54) is 13.2 Å². The lowest BCUT2D eigenvalue weighted by Gasteiger charge is -2.23. The molecule has 114 valence electrons. The molecule has 1 aromatic carbocycles. The van der Waals surface area contributed by atoms with Gasteiger partial charge in [-0.3, -0.25) is 4.79 Å². The van der Waals surface area contributed by atoms with Gasteiger partial charge >= 0.3 is 0 Å². The van der Waals surface area contributed by atoms with E-state index in [9.17, 15) is 4.79 Å². The zero-order valence-electron chi connectivity index (χ0n) is 11.2. The SMILES string of the molecule is COc1ccc(C=O)cc1O.OCC(CO)(CO)CO. The third-order valence-corrected chi connectivity index (χ3v) is 2.68. The number of aldehydes is 1. The molecule has 0 spiro atoms. The van der Waals surface area contributed by atoms with Crippen molar-refractivity contribution in [2.75, 3.05) is 33.5 Å². The minimum Gasteiger partial charge on any atom is -0.504 e. The van der Waals surface area contributed by atoms with E-state index in [0.29, 0.717) is 17.6 Å². The lowest BCUT2D eigenvalue weighted by Crippen LogP contribution is -2.37. The number of ether oxygens (including phenoxy) is 1. The zero-order valence-corrected chi connectivity index (χ0v) is 11.2. The van der Waals surface area contributed by atoms with Crippen molar-refractivity contribution in [3.63, 3.8) is 0 Å². The van der Waals surface area contributed by atoms with E-state index in [1.807, 2.05) is 0 Å². The van der Waals surface area contributed by atoms with Gasteiger partial charge in [0.2, 0.25) is 0 Å². The molecule has 7 nitrogen and oxygen atoms in total. The number of phenols is 1. The molecule has 0 saturated carbocycles. The fourth-order valence-electron chi connectivity index (χ4n) is 1.08. The zero-order chi connectivity index (χ0) is 15.6. The topological polar surface area (TPSA) is 127 Å². The maximum absolute atomic E-state index is 10.2. The van der Waals surface area contributed by atoms with E-state index >= 15 is 0 Å². The molecular formula is C13H20O7. The molecule has 0 amide bonds. The monoisotopic (exact) mass is 288 g/mol. The molecule has 0 unspecified atom stereocenters. The fraction of sp³-hybridized carbons (Fsp3) is 0.462. The molecule has 1 rings (SSSR count). The van der Waals surface area contributed by atoms with Gasteiger partial charge in [0.25, 0.3) is 0 Å². The van der Waals surface area contributed by atoms with E-state index in [4.69, 9.17) is 30.3 Å². The van der Waals surface area contributed by atoms with Crippen molar-refractivity contribution in [3.8, 4) is 11.5 Å². The molecule has 7 heteroatoms. The molecule has 0 bridgehead atoms. The summed E-state index contributed by atoms with van der Waals surface area (Å²) in [5.74, 6) is 0.354. The summed E-state index contributed by atoms with van der Waals surface area (Å²) >= 11 is 0. The van der Waals surface area contributed by atoms with Crippen LogP contribution < -0.4 is 4.74 Å². The maximum atomic E-state index is 10.2. The first-order valence-electron chi connectivity index (χ1n) is 5.78. The van der Waals surface area contributed by atoms with E-state index in [1.54, 1.807) is 12.1 Å². The Morgan fingerprint density at radius 2 is 1.60 bits per heavy atom. The second-order valence-electron chi connectivity index (χ2n) is 4.18. The Morgan fingerprint density at radius 1 is 1.10 bits per heavy atom. The van der Waals surface area contributed by atoms with Crippen LogP contribution >= 0.6 is 0 Å². The Balaban J connectivity index is 0.000000370. The predicted octanol–water partition coefficient (Wildman–Crippen LogP) is -0.845. The van der Waals surface area contributed by atoms with Crippen molar-refractivity contribution in [3.05, 3.63) is 23.8 Å². The number of methoxy groups -OCH3 is 1. The van der Waals surface area contributed by atoms with Gasteiger partial charge in [0.15, 0.2) is 11.5 Å². The summed E-state index contributed by atoms with van der Waals surface area (Å²) in [5.41, 5.74) is -0.677. The molecule has 0 aliphatic heterocycles. The van der Waals surface area contributed by atoms with E-state index in [2.05, 4.69) is 0 Å². The molecule has 20 heavy (non-hydrogen) atoms. The number of aliphatic hydroxyl groups excluding tert-OH is 4. The van der Waals surface area contributed by atoms with Gasteiger partial charge in [0.1, 0.15) is 6.29 Å². The quantitative estimate of drug-likeness (QED) is 0.432. The average molecular weight is 288 g/mol. The molecule has 0 atom stereocenters. The standard InChI is InChI=1S/C8H8O3.C5H12O4/c1-11-8-3-2-6(5-9)4-7(8)10;6-1-5(2-7,3-8)4-9/h2-5,10H,1H3;6-9H,1-4H2. The lowest BCUT2D eigenvalue weighted by atomic mass is 9.93. The Hall–Kier alpha value is -1.67. The average Bonchev–Trinajstić information content (AvgIpc) is 2.50. The number of aromatic hydroxyl groups is 1. The van der Waals surface area contributed by atoms with E-state index in [-0.39, 0.29) is 5.75 Å². The largest absolute Gasteiger partial charge is 0.504 e. The Labute approximate surface area is 116 Å². The van der Waals surface area contributed by atoms with Crippen molar-refractivity contribution in [1.82, 2.24) is 0 Å². The van der Waals surface area contributed by atoms with Gasteiger partial charge in [-0.1, -0.05) is 0 Å². The van der Waals surface area contributed by atoms with Gasteiger partial charge in [0, 0.05) is 5.56 Å². The third kappa shape index (κ3) is 5.14. The summed E-state index contributed by atoms with van der Waals surface area (Å²) in [6.45, 7) is -1.62. The van der Waals surface area contributed by atoms with E-state index < -0.39 is 31.8 Å². The van der Waals surface area contributed by atoms with Crippen LogP contribution in [0, 0.1) is 5.41 Å². The van der Waals surface area contributed by atoms with Gasteiger partial charge < -0.3 is 30.3 Å². The highest BCUT2D eigenvalue weighted by molar-refractivity contribution is 5.76. The van der Waals surface area contributed by atoms with Gasteiger partial charge in [-0.05, 0) is 18.2 Å². The Bertz CT molecular complexity index is 384. The molecule has 0 aromatic heterocycles. The normalized spacial score (nSPS) is 10.4. The number of rotatable bonds is 6. The molecule has 5 N–H and O–H groups in total. The number of aliphatic hydroxyl groups is 4. The van der Waals surface area contributed by atoms with Crippen molar-refractivity contribution >= 4 is 6.29 Å². The van der Waals surface area contributed by atoms with Crippen molar-refractivity contribution in [1.29, 1.82) is 0 Å². The first-order chi connectivity index (χ1) is 9.52. The minimum absolute atomic E-state index is 0.0166. The van der Waals surface area contributed by atoms with Crippen LogP contribution in [0.15, 0.2) is 18.2 Å². The maximum Gasteiger partial charge on any atom is 0.160 e. The van der Waals surface area contributed by atoms with Gasteiger partial charge in [-0.2, -0.15) is 0 Å². The van der Waals surface area contributed by atoms with Crippen LogP contribution in [0.2, 0.25) is 0 Å². The van der Waals surface area contributed by atoms with Crippen LogP contribution in [-0.2, 0) is 0 Å².